The second-order valence-corrected chi connectivity index (χ2v) is 9.03. The van der Waals surface area contributed by atoms with Crippen molar-refractivity contribution in [3.05, 3.63) is 114 Å². The summed E-state index contributed by atoms with van der Waals surface area (Å²) in [6.45, 7) is 0. The molecule has 148 valence electrons. The largest absolute Gasteiger partial charge is 0.310 e. The maximum atomic E-state index is 6.49. The van der Waals surface area contributed by atoms with E-state index in [0.29, 0.717) is 0 Å². The summed E-state index contributed by atoms with van der Waals surface area (Å²) < 4.78 is 2.38. The van der Waals surface area contributed by atoms with Crippen LogP contribution >= 0.6 is 22.9 Å². The third-order valence-corrected chi connectivity index (χ3v) is 7.34. The van der Waals surface area contributed by atoms with Crippen LogP contribution in [0.1, 0.15) is 0 Å². The van der Waals surface area contributed by atoms with E-state index >= 15 is 0 Å². The summed E-state index contributed by atoms with van der Waals surface area (Å²) in [5, 5.41) is 5.74. The monoisotopic (exact) mass is 435 g/mol. The molecule has 0 saturated carbocycles. The summed E-state index contributed by atoms with van der Waals surface area (Å²) in [4.78, 5) is 2.34. The first-order chi connectivity index (χ1) is 15.3. The zero-order chi connectivity index (χ0) is 20.8. The molecule has 0 atom stereocenters. The third-order valence-electron chi connectivity index (χ3n) is 5.71. The van der Waals surface area contributed by atoms with Crippen LogP contribution in [-0.4, -0.2) is 0 Å². The average Bonchev–Trinajstić information content (AvgIpc) is 3.20. The third kappa shape index (κ3) is 3.07. The van der Waals surface area contributed by atoms with E-state index in [9.17, 15) is 0 Å². The molecule has 0 fully saturated rings. The van der Waals surface area contributed by atoms with Gasteiger partial charge in [-0.25, -0.2) is 0 Å². The summed E-state index contributed by atoms with van der Waals surface area (Å²) in [6, 6.07) is 38.5. The number of anilines is 3. The Hall–Kier alpha value is -3.33. The zero-order valence-corrected chi connectivity index (χ0v) is 18.2. The fraction of sp³-hybridized carbons (Fsp3) is 0. The maximum Gasteiger partial charge on any atom is 0.0584 e. The van der Waals surface area contributed by atoms with Gasteiger partial charge in [-0.3, -0.25) is 0 Å². The van der Waals surface area contributed by atoms with Crippen molar-refractivity contribution in [2.45, 2.75) is 0 Å². The van der Waals surface area contributed by atoms with Gasteiger partial charge >= 0.3 is 0 Å². The molecule has 0 spiro atoms. The average molecular weight is 436 g/mol. The summed E-state index contributed by atoms with van der Waals surface area (Å²) in [7, 11) is 0. The maximum absolute atomic E-state index is 6.49. The van der Waals surface area contributed by atoms with Crippen molar-refractivity contribution in [1.29, 1.82) is 0 Å². The van der Waals surface area contributed by atoms with E-state index in [-0.39, 0.29) is 0 Å². The van der Waals surface area contributed by atoms with Crippen molar-refractivity contribution in [2.75, 3.05) is 4.90 Å². The second-order valence-electron chi connectivity index (χ2n) is 7.57. The molecule has 0 bridgehead atoms. The molecule has 0 saturated heterocycles. The van der Waals surface area contributed by atoms with Crippen LogP contribution in [0.5, 0.6) is 0 Å². The Bertz CT molecular complexity index is 1550. The quantitative estimate of drug-likeness (QED) is 0.267. The van der Waals surface area contributed by atoms with E-state index < -0.39 is 0 Å². The topological polar surface area (TPSA) is 3.24 Å². The van der Waals surface area contributed by atoms with Gasteiger partial charge in [0.05, 0.1) is 15.4 Å². The summed E-state index contributed by atoms with van der Waals surface area (Å²) in [6.07, 6.45) is 0. The highest BCUT2D eigenvalue weighted by Gasteiger charge is 2.16. The fourth-order valence-electron chi connectivity index (χ4n) is 4.30. The molecule has 31 heavy (non-hydrogen) atoms. The molecule has 6 rings (SSSR count). The lowest BCUT2D eigenvalue weighted by Crippen LogP contribution is -2.10. The predicted octanol–water partition coefficient (Wildman–Crippen LogP) is 9.33. The Morgan fingerprint density at radius 3 is 2.23 bits per heavy atom. The van der Waals surface area contributed by atoms with Gasteiger partial charge in [-0.2, -0.15) is 0 Å². The number of benzene rings is 5. The molecule has 0 N–H and O–H groups in total. The Morgan fingerprint density at radius 1 is 0.581 bits per heavy atom. The highest BCUT2D eigenvalue weighted by Crippen LogP contribution is 2.43. The molecule has 0 amide bonds. The number of halogens is 1. The van der Waals surface area contributed by atoms with Gasteiger partial charge < -0.3 is 4.90 Å². The van der Waals surface area contributed by atoms with Crippen LogP contribution in [0, 0.1) is 0 Å². The van der Waals surface area contributed by atoms with E-state index in [4.69, 9.17) is 11.6 Å². The van der Waals surface area contributed by atoms with Crippen molar-refractivity contribution < 1.29 is 0 Å². The first-order valence-electron chi connectivity index (χ1n) is 10.2. The van der Waals surface area contributed by atoms with Crippen LogP contribution in [0.2, 0.25) is 5.02 Å². The SMILES string of the molecule is Clc1cccc2c1sc1cc(N(c3ccccc3)c3cccc4ccccc34)ccc12. The van der Waals surface area contributed by atoms with Gasteiger partial charge in [-0.15, -0.1) is 11.3 Å². The lowest BCUT2D eigenvalue weighted by Gasteiger charge is -2.27. The number of nitrogens with zero attached hydrogens (tertiary/aromatic N) is 1. The molecule has 0 unspecified atom stereocenters. The Morgan fingerprint density at radius 2 is 1.32 bits per heavy atom. The lowest BCUT2D eigenvalue weighted by atomic mass is 10.1. The minimum absolute atomic E-state index is 0.814. The van der Waals surface area contributed by atoms with Gasteiger partial charge in [-0.1, -0.05) is 84.4 Å². The fourth-order valence-corrected chi connectivity index (χ4v) is 5.73. The number of rotatable bonds is 3. The Kier molecular flexibility index (Phi) is 4.41. The second kappa shape index (κ2) is 7.42. The Balaban J connectivity index is 1.62. The molecular weight excluding hydrogens is 418 g/mol. The lowest BCUT2D eigenvalue weighted by molar-refractivity contribution is 1.30. The van der Waals surface area contributed by atoms with Gasteiger partial charge in [0.1, 0.15) is 0 Å². The molecule has 1 nitrogen and oxygen atoms in total. The van der Waals surface area contributed by atoms with E-state index in [1.807, 2.05) is 12.1 Å². The molecule has 3 heteroatoms. The van der Waals surface area contributed by atoms with Crippen LogP contribution in [0.15, 0.2) is 109 Å². The normalized spacial score (nSPS) is 11.4. The van der Waals surface area contributed by atoms with Crippen molar-refractivity contribution >= 4 is 70.9 Å². The van der Waals surface area contributed by atoms with Gasteiger partial charge in [-0.05, 0) is 41.8 Å². The van der Waals surface area contributed by atoms with Crippen LogP contribution in [-0.2, 0) is 0 Å². The molecule has 5 aromatic carbocycles. The first-order valence-corrected chi connectivity index (χ1v) is 11.4. The van der Waals surface area contributed by atoms with E-state index in [1.165, 1.54) is 31.9 Å². The molecule has 0 radical (unpaired) electrons. The first kappa shape index (κ1) is 18.4. The minimum atomic E-state index is 0.814. The molecule has 0 aliphatic carbocycles. The van der Waals surface area contributed by atoms with Crippen molar-refractivity contribution in [1.82, 2.24) is 0 Å². The van der Waals surface area contributed by atoms with Gasteiger partial charge in [0.15, 0.2) is 0 Å². The van der Waals surface area contributed by atoms with Crippen LogP contribution in [0.4, 0.5) is 17.1 Å². The smallest absolute Gasteiger partial charge is 0.0584 e. The van der Waals surface area contributed by atoms with E-state index in [0.717, 1.165) is 21.1 Å². The molecular formula is C28H18ClNS. The van der Waals surface area contributed by atoms with Crippen LogP contribution in [0.3, 0.4) is 0 Å². The van der Waals surface area contributed by atoms with Crippen molar-refractivity contribution in [2.24, 2.45) is 0 Å². The zero-order valence-electron chi connectivity index (χ0n) is 16.6. The molecule has 6 aromatic rings. The number of thiophene rings is 1. The molecule has 0 aliphatic rings. The number of hydrogen-bond donors (Lipinski definition) is 0. The number of fused-ring (bicyclic) bond motifs is 4. The van der Waals surface area contributed by atoms with Gasteiger partial charge in [0, 0.05) is 32.2 Å². The van der Waals surface area contributed by atoms with E-state index in [1.54, 1.807) is 11.3 Å². The van der Waals surface area contributed by atoms with Crippen molar-refractivity contribution in [3.8, 4) is 0 Å². The Labute approximate surface area is 189 Å². The summed E-state index contributed by atoms with van der Waals surface area (Å²) in [5.41, 5.74) is 3.44. The minimum Gasteiger partial charge on any atom is -0.310 e. The molecule has 1 aromatic heterocycles. The molecule has 0 aliphatic heterocycles. The highest BCUT2D eigenvalue weighted by molar-refractivity contribution is 7.26. The van der Waals surface area contributed by atoms with Crippen LogP contribution < -0.4 is 4.90 Å². The summed E-state index contributed by atoms with van der Waals surface area (Å²) >= 11 is 8.24. The molecule has 1 heterocycles. The predicted molar refractivity (Wildman–Crippen MR) is 137 cm³/mol. The van der Waals surface area contributed by atoms with Crippen LogP contribution in [0.25, 0.3) is 30.9 Å². The standard InChI is InChI=1S/C28H18ClNS/c29-25-14-7-13-24-23-17-16-21(18-27(23)31-28(24)25)30(20-10-2-1-3-11-20)26-15-6-9-19-8-4-5-12-22(19)26/h1-18H. The van der Waals surface area contributed by atoms with Gasteiger partial charge in [0.2, 0.25) is 0 Å². The van der Waals surface area contributed by atoms with Gasteiger partial charge in [0.25, 0.3) is 0 Å². The summed E-state index contributed by atoms with van der Waals surface area (Å²) in [5.74, 6) is 0. The van der Waals surface area contributed by atoms with E-state index in [2.05, 4.69) is 102 Å². The number of para-hydroxylation sites is 1. The highest BCUT2D eigenvalue weighted by atomic mass is 35.5. The van der Waals surface area contributed by atoms with Crippen molar-refractivity contribution in [3.63, 3.8) is 0 Å². The number of hydrogen-bond acceptors (Lipinski definition) is 2.